The van der Waals surface area contributed by atoms with Gasteiger partial charge in [-0.05, 0) is 19.8 Å². The van der Waals surface area contributed by atoms with Gasteiger partial charge in [0.1, 0.15) is 0 Å². The molecule has 0 bridgehead atoms. The Balaban J connectivity index is 3.26. The molecule has 0 amide bonds. The number of nitrogens with zero attached hydrogens (tertiary/aromatic N) is 2. The van der Waals surface area contributed by atoms with Gasteiger partial charge in [-0.25, -0.2) is 0 Å². The van der Waals surface area contributed by atoms with E-state index in [1.54, 1.807) is 0 Å². The molecule has 0 aliphatic rings. The van der Waals surface area contributed by atoms with Gasteiger partial charge in [0, 0.05) is 0 Å². The first-order valence-corrected chi connectivity index (χ1v) is 3.78. The fourth-order valence-corrected chi connectivity index (χ4v) is 0.428. The lowest BCUT2D eigenvalue weighted by Gasteiger charge is -1.96. The van der Waals surface area contributed by atoms with Crippen molar-refractivity contribution in [1.29, 1.82) is 0 Å². The third-order valence-corrected chi connectivity index (χ3v) is 1.30. The van der Waals surface area contributed by atoms with E-state index in [0.29, 0.717) is 6.04 Å². The zero-order chi connectivity index (χ0) is 7.82. The molecule has 0 aliphatic carbocycles. The van der Waals surface area contributed by atoms with Gasteiger partial charge in [-0.3, -0.25) is 0 Å². The van der Waals surface area contributed by atoms with Crippen LogP contribution in [0.4, 0.5) is 0 Å². The van der Waals surface area contributed by atoms with Gasteiger partial charge in [-0.2, -0.15) is 10.2 Å². The summed E-state index contributed by atoms with van der Waals surface area (Å²) in [5.74, 6) is 0. The highest BCUT2D eigenvalue weighted by atomic mass is 15.1. The Labute approximate surface area is 63.1 Å². The molecule has 10 heavy (non-hydrogen) atoms. The van der Waals surface area contributed by atoms with Crippen molar-refractivity contribution in [2.24, 2.45) is 10.2 Å². The van der Waals surface area contributed by atoms with Crippen LogP contribution in [0.5, 0.6) is 0 Å². The van der Waals surface area contributed by atoms with Crippen LogP contribution in [0.2, 0.25) is 0 Å². The summed E-state index contributed by atoms with van der Waals surface area (Å²) in [5.41, 5.74) is 0. The lowest BCUT2D eigenvalue weighted by molar-refractivity contribution is 0.657. The van der Waals surface area contributed by atoms with E-state index >= 15 is 0 Å². The Bertz CT molecular complexity index is 108. The van der Waals surface area contributed by atoms with E-state index in [-0.39, 0.29) is 0 Å². The molecule has 0 aromatic carbocycles. The van der Waals surface area contributed by atoms with E-state index in [9.17, 15) is 0 Å². The number of azo groups is 1. The minimum atomic E-state index is 0.379. The Morgan fingerprint density at radius 1 is 1.60 bits per heavy atom. The molecule has 0 fully saturated rings. The van der Waals surface area contributed by atoms with Gasteiger partial charge >= 0.3 is 0 Å². The zero-order valence-electron chi connectivity index (χ0n) is 6.88. The number of rotatable bonds is 5. The third kappa shape index (κ3) is 5.48. The van der Waals surface area contributed by atoms with Gasteiger partial charge in [0.05, 0.1) is 12.6 Å². The maximum absolute atomic E-state index is 4.06. The predicted molar refractivity (Wildman–Crippen MR) is 44.3 cm³/mol. The van der Waals surface area contributed by atoms with Crippen molar-refractivity contribution in [3.63, 3.8) is 0 Å². The van der Waals surface area contributed by atoms with Gasteiger partial charge in [-0.15, -0.1) is 6.58 Å². The summed E-state index contributed by atoms with van der Waals surface area (Å²) in [6.07, 6.45) is 3.85. The highest BCUT2D eigenvalue weighted by molar-refractivity contribution is 4.66. The molecule has 0 spiro atoms. The Morgan fingerprint density at radius 3 is 2.80 bits per heavy atom. The fraction of sp³-hybridized carbons (Fsp3) is 0.750. The highest BCUT2D eigenvalue weighted by Gasteiger charge is 1.90. The minimum absolute atomic E-state index is 0.379. The summed E-state index contributed by atoms with van der Waals surface area (Å²) in [5, 5.41) is 8.04. The molecular weight excluding hydrogens is 124 g/mol. The summed E-state index contributed by atoms with van der Waals surface area (Å²) in [4.78, 5) is 0. The summed E-state index contributed by atoms with van der Waals surface area (Å²) >= 11 is 0. The lowest BCUT2D eigenvalue weighted by Crippen LogP contribution is -1.92. The van der Waals surface area contributed by atoms with Crippen molar-refractivity contribution in [2.45, 2.75) is 32.7 Å². The molecule has 0 saturated heterocycles. The normalized spacial score (nSPS) is 13.8. The molecule has 0 radical (unpaired) electrons. The van der Waals surface area contributed by atoms with E-state index in [1.165, 1.54) is 0 Å². The molecule has 0 heterocycles. The molecular formula is C8H16N2. The second-order valence-electron chi connectivity index (χ2n) is 2.32. The van der Waals surface area contributed by atoms with Crippen molar-refractivity contribution in [1.82, 2.24) is 0 Å². The zero-order valence-corrected chi connectivity index (χ0v) is 6.88. The minimum Gasteiger partial charge on any atom is -0.194 e. The fourth-order valence-electron chi connectivity index (χ4n) is 0.428. The second-order valence-corrected chi connectivity index (χ2v) is 2.32. The molecule has 0 unspecified atom stereocenters. The number of hydrogen-bond acceptors (Lipinski definition) is 2. The largest absolute Gasteiger partial charge is 0.194 e. The Morgan fingerprint density at radius 2 is 2.30 bits per heavy atom. The number of hydrogen-bond donors (Lipinski definition) is 0. The van der Waals surface area contributed by atoms with Crippen molar-refractivity contribution in [3.8, 4) is 0 Å². The molecule has 1 atom stereocenters. The lowest BCUT2D eigenvalue weighted by atomic mass is 10.3. The summed E-state index contributed by atoms with van der Waals surface area (Å²) < 4.78 is 0. The first-order chi connectivity index (χ1) is 4.81. The maximum Gasteiger partial charge on any atom is 0.0677 e. The first kappa shape index (κ1) is 9.34. The molecule has 0 aromatic heterocycles. The van der Waals surface area contributed by atoms with E-state index in [4.69, 9.17) is 0 Å². The summed E-state index contributed by atoms with van der Waals surface area (Å²) in [7, 11) is 0. The van der Waals surface area contributed by atoms with Gasteiger partial charge in [-0.1, -0.05) is 13.0 Å². The van der Waals surface area contributed by atoms with Crippen LogP contribution in [0, 0.1) is 0 Å². The van der Waals surface area contributed by atoms with Crippen LogP contribution < -0.4 is 0 Å². The van der Waals surface area contributed by atoms with Gasteiger partial charge in [0.15, 0.2) is 0 Å². The molecule has 2 heteroatoms. The van der Waals surface area contributed by atoms with Crippen LogP contribution >= 0.6 is 0 Å². The van der Waals surface area contributed by atoms with E-state index < -0.39 is 0 Å². The smallest absolute Gasteiger partial charge is 0.0677 e. The van der Waals surface area contributed by atoms with E-state index in [2.05, 4.69) is 30.7 Å². The average Bonchev–Trinajstić information content (AvgIpc) is 1.98. The monoisotopic (exact) mass is 140 g/mol. The topological polar surface area (TPSA) is 24.7 Å². The molecule has 0 N–H and O–H groups in total. The molecule has 0 saturated carbocycles. The molecule has 0 aliphatic heterocycles. The van der Waals surface area contributed by atoms with Gasteiger partial charge < -0.3 is 0 Å². The predicted octanol–water partition coefficient (Wildman–Crippen LogP) is 2.81. The Kier molecular flexibility index (Phi) is 6.03. The third-order valence-electron chi connectivity index (χ3n) is 1.30. The van der Waals surface area contributed by atoms with Crippen molar-refractivity contribution < 1.29 is 0 Å². The van der Waals surface area contributed by atoms with Crippen LogP contribution in [-0.2, 0) is 0 Å². The average molecular weight is 140 g/mol. The van der Waals surface area contributed by atoms with Crippen LogP contribution in [0.3, 0.4) is 0 Å². The second kappa shape index (κ2) is 6.46. The highest BCUT2D eigenvalue weighted by Crippen LogP contribution is 1.95. The molecule has 0 rings (SSSR count). The van der Waals surface area contributed by atoms with E-state index in [1.807, 2.05) is 6.08 Å². The molecule has 0 aromatic rings. The SMILES string of the molecule is C=CCCN=N[C@H](C)CC. The van der Waals surface area contributed by atoms with Crippen molar-refractivity contribution in [2.75, 3.05) is 6.54 Å². The van der Waals surface area contributed by atoms with Crippen LogP contribution in [0.25, 0.3) is 0 Å². The quantitative estimate of drug-likeness (QED) is 0.319. The molecule has 2 nitrogen and oxygen atoms in total. The molecule has 58 valence electrons. The van der Waals surface area contributed by atoms with Gasteiger partial charge in [0.2, 0.25) is 0 Å². The summed E-state index contributed by atoms with van der Waals surface area (Å²) in [6.45, 7) is 8.56. The van der Waals surface area contributed by atoms with Gasteiger partial charge in [0.25, 0.3) is 0 Å². The van der Waals surface area contributed by atoms with Crippen molar-refractivity contribution in [3.05, 3.63) is 12.7 Å². The van der Waals surface area contributed by atoms with Crippen LogP contribution in [0.1, 0.15) is 26.7 Å². The van der Waals surface area contributed by atoms with Crippen LogP contribution in [-0.4, -0.2) is 12.6 Å². The standard InChI is InChI=1S/C8H16N2/c1-4-6-7-9-10-8(3)5-2/h4,8H,1,5-7H2,2-3H3/t8-/m1/s1. The maximum atomic E-state index is 4.06. The first-order valence-electron chi connectivity index (χ1n) is 3.78. The van der Waals surface area contributed by atoms with E-state index in [0.717, 1.165) is 19.4 Å². The summed E-state index contributed by atoms with van der Waals surface area (Å²) in [6, 6.07) is 0.379. The van der Waals surface area contributed by atoms with Crippen molar-refractivity contribution >= 4 is 0 Å². The van der Waals surface area contributed by atoms with Crippen LogP contribution in [0.15, 0.2) is 22.9 Å². The Hall–Kier alpha value is -0.660.